The van der Waals surface area contributed by atoms with E-state index in [1.165, 1.54) is 9.80 Å². The second-order valence-electron chi connectivity index (χ2n) is 6.08. The quantitative estimate of drug-likeness (QED) is 0.764. The number of likely N-dealkylation sites (N-methyl/N-ethyl adjacent to an activating group) is 1. The number of amides is 2. The van der Waals surface area contributed by atoms with E-state index in [4.69, 9.17) is 4.74 Å². The number of hydrogen-bond donors (Lipinski definition) is 1. The summed E-state index contributed by atoms with van der Waals surface area (Å²) in [5, 5.41) is 0. The lowest BCUT2D eigenvalue weighted by molar-refractivity contribution is -0.915. The number of carbonyl (C=O) groups is 2. The van der Waals surface area contributed by atoms with Crippen LogP contribution in [0.25, 0.3) is 0 Å². The molecule has 2 aliphatic rings. The molecule has 124 valence electrons. The molecule has 6 heteroatoms. The van der Waals surface area contributed by atoms with Crippen LogP contribution < -0.4 is 14.5 Å². The number of anilines is 1. The SMILES string of the molecule is CCN1C(=O)C[C@@H]([NH+]2CCN(c3cccc(OC)c3)CC2)C1=O. The number of benzene rings is 1. The average Bonchev–Trinajstić information content (AvgIpc) is 2.89. The molecule has 1 aromatic rings. The van der Waals surface area contributed by atoms with E-state index in [1.807, 2.05) is 25.1 Å². The minimum absolute atomic E-state index is 0.00216. The highest BCUT2D eigenvalue weighted by molar-refractivity contribution is 6.04. The molecule has 2 heterocycles. The summed E-state index contributed by atoms with van der Waals surface area (Å²) in [6.45, 7) is 5.85. The standard InChI is InChI=1S/C17H23N3O3/c1-3-20-16(21)12-15(17(20)22)19-9-7-18(8-10-19)13-5-4-6-14(11-13)23-2/h4-6,11,15H,3,7-10,12H2,1-2H3/p+1/t15-/m1/s1. The topological polar surface area (TPSA) is 54.3 Å². The Morgan fingerprint density at radius 3 is 2.61 bits per heavy atom. The lowest BCUT2D eigenvalue weighted by Crippen LogP contribution is -3.19. The molecule has 0 aromatic heterocycles. The van der Waals surface area contributed by atoms with Gasteiger partial charge in [0.2, 0.25) is 5.91 Å². The highest BCUT2D eigenvalue weighted by Crippen LogP contribution is 2.21. The fraction of sp³-hybridized carbons (Fsp3) is 0.529. The molecule has 0 aliphatic carbocycles. The Morgan fingerprint density at radius 1 is 1.26 bits per heavy atom. The first-order valence-electron chi connectivity index (χ1n) is 8.21. The number of carbonyl (C=O) groups excluding carboxylic acids is 2. The molecular formula is C17H24N3O3+. The van der Waals surface area contributed by atoms with Gasteiger partial charge in [-0.15, -0.1) is 0 Å². The summed E-state index contributed by atoms with van der Waals surface area (Å²) < 4.78 is 5.28. The van der Waals surface area contributed by atoms with E-state index < -0.39 is 0 Å². The third kappa shape index (κ3) is 3.03. The smallest absolute Gasteiger partial charge is 0.288 e. The summed E-state index contributed by atoms with van der Waals surface area (Å²) in [6, 6.07) is 7.86. The summed E-state index contributed by atoms with van der Waals surface area (Å²) in [5.41, 5.74) is 1.15. The van der Waals surface area contributed by atoms with Crippen LogP contribution in [-0.2, 0) is 9.59 Å². The van der Waals surface area contributed by atoms with Crippen molar-refractivity contribution in [2.24, 2.45) is 0 Å². The number of nitrogens with zero attached hydrogens (tertiary/aromatic N) is 2. The molecule has 23 heavy (non-hydrogen) atoms. The van der Waals surface area contributed by atoms with Gasteiger partial charge in [0.15, 0.2) is 6.04 Å². The van der Waals surface area contributed by atoms with Crippen LogP contribution in [-0.4, -0.2) is 62.6 Å². The van der Waals surface area contributed by atoms with Crippen molar-refractivity contribution in [2.75, 3.05) is 44.7 Å². The first-order valence-corrected chi connectivity index (χ1v) is 8.21. The Kier molecular flexibility index (Phi) is 4.52. The third-order valence-electron chi connectivity index (χ3n) is 4.88. The largest absolute Gasteiger partial charge is 0.497 e. The van der Waals surface area contributed by atoms with Crippen LogP contribution in [0.15, 0.2) is 24.3 Å². The zero-order valence-corrected chi connectivity index (χ0v) is 13.7. The fourth-order valence-electron chi connectivity index (χ4n) is 3.54. The molecule has 3 rings (SSSR count). The van der Waals surface area contributed by atoms with Gasteiger partial charge in [0.1, 0.15) is 5.75 Å². The van der Waals surface area contributed by atoms with Crippen LogP contribution in [0.4, 0.5) is 5.69 Å². The normalized spacial score (nSPS) is 22.8. The molecule has 2 saturated heterocycles. The Bertz CT molecular complexity index is 597. The van der Waals surface area contributed by atoms with Gasteiger partial charge in [-0.3, -0.25) is 14.5 Å². The average molecular weight is 318 g/mol. The van der Waals surface area contributed by atoms with Crippen molar-refractivity contribution in [1.82, 2.24) is 4.90 Å². The number of hydrogen-bond acceptors (Lipinski definition) is 4. The van der Waals surface area contributed by atoms with Gasteiger partial charge in [-0.05, 0) is 19.1 Å². The van der Waals surface area contributed by atoms with Crippen LogP contribution in [0.2, 0.25) is 0 Å². The predicted molar refractivity (Wildman–Crippen MR) is 86.7 cm³/mol. The minimum Gasteiger partial charge on any atom is -0.497 e. The second kappa shape index (κ2) is 6.58. The molecule has 2 aliphatic heterocycles. The van der Waals surface area contributed by atoms with Gasteiger partial charge < -0.3 is 14.5 Å². The van der Waals surface area contributed by atoms with Gasteiger partial charge in [-0.2, -0.15) is 0 Å². The van der Waals surface area contributed by atoms with Gasteiger partial charge in [0.05, 0.1) is 39.7 Å². The Morgan fingerprint density at radius 2 is 2.00 bits per heavy atom. The molecular weight excluding hydrogens is 294 g/mol. The van der Waals surface area contributed by atoms with Crippen LogP contribution in [0, 0.1) is 0 Å². The van der Waals surface area contributed by atoms with Crippen LogP contribution in [0.3, 0.4) is 0 Å². The Hall–Kier alpha value is -2.08. The van der Waals surface area contributed by atoms with Crippen molar-refractivity contribution < 1.29 is 19.2 Å². The van der Waals surface area contributed by atoms with E-state index in [-0.39, 0.29) is 17.9 Å². The molecule has 1 N–H and O–H groups in total. The van der Waals surface area contributed by atoms with Gasteiger partial charge in [-0.25, -0.2) is 0 Å². The maximum atomic E-state index is 12.3. The van der Waals surface area contributed by atoms with Crippen LogP contribution in [0.1, 0.15) is 13.3 Å². The highest BCUT2D eigenvalue weighted by atomic mass is 16.5. The zero-order chi connectivity index (χ0) is 16.4. The molecule has 1 atom stereocenters. The van der Waals surface area contributed by atoms with Crippen molar-refractivity contribution in [1.29, 1.82) is 0 Å². The van der Waals surface area contributed by atoms with Gasteiger partial charge >= 0.3 is 0 Å². The van der Waals surface area contributed by atoms with Gasteiger partial charge in [0, 0.05) is 18.3 Å². The first-order chi connectivity index (χ1) is 11.1. The molecule has 0 radical (unpaired) electrons. The molecule has 0 spiro atoms. The van der Waals surface area contributed by atoms with E-state index in [0.29, 0.717) is 13.0 Å². The van der Waals surface area contributed by atoms with E-state index in [0.717, 1.165) is 37.6 Å². The molecule has 0 saturated carbocycles. The number of methoxy groups -OCH3 is 1. The van der Waals surface area contributed by atoms with Crippen molar-refractivity contribution in [2.45, 2.75) is 19.4 Å². The zero-order valence-electron chi connectivity index (χ0n) is 13.7. The summed E-state index contributed by atoms with van der Waals surface area (Å²) in [4.78, 5) is 29.2. The number of nitrogens with one attached hydrogen (secondary N) is 1. The molecule has 1 aromatic carbocycles. The van der Waals surface area contributed by atoms with Crippen LogP contribution >= 0.6 is 0 Å². The number of piperazine rings is 1. The lowest BCUT2D eigenvalue weighted by Gasteiger charge is -2.35. The van der Waals surface area contributed by atoms with E-state index in [9.17, 15) is 9.59 Å². The first kappa shape index (κ1) is 15.8. The summed E-state index contributed by atoms with van der Waals surface area (Å²) in [5.74, 6) is 0.833. The van der Waals surface area contributed by atoms with Gasteiger partial charge in [-0.1, -0.05) is 6.07 Å². The maximum Gasteiger partial charge on any atom is 0.288 e. The van der Waals surface area contributed by atoms with Crippen molar-refractivity contribution in [3.8, 4) is 5.75 Å². The third-order valence-corrected chi connectivity index (χ3v) is 4.88. The molecule has 0 unspecified atom stereocenters. The maximum absolute atomic E-state index is 12.3. The van der Waals surface area contributed by atoms with Crippen molar-refractivity contribution >= 4 is 17.5 Å². The fourth-order valence-corrected chi connectivity index (χ4v) is 3.54. The Balaban J connectivity index is 1.62. The van der Waals surface area contributed by atoms with Gasteiger partial charge in [0.25, 0.3) is 5.91 Å². The molecule has 2 amide bonds. The van der Waals surface area contributed by atoms with Crippen molar-refractivity contribution in [3.63, 3.8) is 0 Å². The number of quaternary nitrogens is 1. The lowest BCUT2D eigenvalue weighted by atomic mass is 10.1. The number of rotatable bonds is 4. The number of ether oxygens (including phenoxy) is 1. The Labute approximate surface area is 136 Å². The molecule has 6 nitrogen and oxygen atoms in total. The predicted octanol–water partition coefficient (Wildman–Crippen LogP) is -0.452. The molecule has 2 fully saturated rings. The van der Waals surface area contributed by atoms with E-state index >= 15 is 0 Å². The number of likely N-dealkylation sites (tertiary alicyclic amines) is 1. The second-order valence-corrected chi connectivity index (χ2v) is 6.08. The number of imide groups is 1. The summed E-state index contributed by atoms with van der Waals surface area (Å²) in [7, 11) is 1.67. The molecule has 0 bridgehead atoms. The van der Waals surface area contributed by atoms with Crippen LogP contribution in [0.5, 0.6) is 5.75 Å². The summed E-state index contributed by atoms with van der Waals surface area (Å²) in [6.07, 6.45) is 0.362. The monoisotopic (exact) mass is 318 g/mol. The van der Waals surface area contributed by atoms with E-state index in [2.05, 4.69) is 11.0 Å². The minimum atomic E-state index is -0.185. The van der Waals surface area contributed by atoms with E-state index in [1.54, 1.807) is 7.11 Å². The highest BCUT2D eigenvalue weighted by Gasteiger charge is 2.44. The van der Waals surface area contributed by atoms with Crippen molar-refractivity contribution in [3.05, 3.63) is 24.3 Å². The summed E-state index contributed by atoms with van der Waals surface area (Å²) >= 11 is 0.